The normalized spacial score (nSPS) is 17.7. The van der Waals surface area contributed by atoms with Crippen LogP contribution in [-0.2, 0) is 5.41 Å². The van der Waals surface area contributed by atoms with Crippen LogP contribution in [0.3, 0.4) is 0 Å². The van der Waals surface area contributed by atoms with E-state index in [-0.39, 0.29) is 5.41 Å². The predicted octanol–water partition coefficient (Wildman–Crippen LogP) is 3.31. The van der Waals surface area contributed by atoms with Crippen molar-refractivity contribution >= 4 is 0 Å². The molecule has 1 aliphatic rings. The Bertz CT molecular complexity index is 471. The minimum atomic E-state index is 0.124. The van der Waals surface area contributed by atoms with Crippen LogP contribution in [0.1, 0.15) is 38.3 Å². The molecule has 124 valence electrons. The van der Waals surface area contributed by atoms with Crippen molar-refractivity contribution in [1.82, 2.24) is 9.80 Å². The molecule has 0 unspecified atom stereocenters. The molecule has 0 aromatic heterocycles. The van der Waals surface area contributed by atoms with E-state index < -0.39 is 0 Å². The van der Waals surface area contributed by atoms with Crippen LogP contribution >= 0.6 is 0 Å². The van der Waals surface area contributed by atoms with E-state index in [1.54, 1.807) is 0 Å². The summed E-state index contributed by atoms with van der Waals surface area (Å²) in [4.78, 5) is 4.94. The molecule has 0 aliphatic carbocycles. The Hall–Kier alpha value is -1.06. The highest BCUT2D eigenvalue weighted by Crippen LogP contribution is 2.32. The number of rotatable bonds is 5. The quantitative estimate of drug-likeness (QED) is 0.776. The smallest absolute Gasteiger partial charge is 0.123 e. The van der Waals surface area contributed by atoms with E-state index in [9.17, 15) is 0 Å². The molecule has 1 aliphatic heterocycles. The van der Waals surface area contributed by atoms with Crippen LogP contribution in [0, 0.1) is 6.92 Å². The lowest BCUT2D eigenvalue weighted by molar-refractivity contribution is 0.145. The molecular weight excluding hydrogens is 272 g/mol. The third kappa shape index (κ3) is 4.99. The van der Waals surface area contributed by atoms with Gasteiger partial charge in [0.25, 0.3) is 0 Å². The summed E-state index contributed by atoms with van der Waals surface area (Å²) < 4.78 is 6.09. The lowest BCUT2D eigenvalue weighted by Crippen LogP contribution is -2.44. The van der Waals surface area contributed by atoms with Crippen molar-refractivity contribution in [3.05, 3.63) is 29.3 Å². The Balaban J connectivity index is 1.82. The van der Waals surface area contributed by atoms with Gasteiger partial charge in [-0.25, -0.2) is 0 Å². The van der Waals surface area contributed by atoms with Gasteiger partial charge in [-0.05, 0) is 37.4 Å². The topological polar surface area (TPSA) is 15.7 Å². The first-order valence-corrected chi connectivity index (χ1v) is 8.51. The first-order chi connectivity index (χ1) is 10.4. The zero-order valence-corrected chi connectivity index (χ0v) is 15.0. The van der Waals surface area contributed by atoms with Crippen molar-refractivity contribution in [2.24, 2.45) is 0 Å². The molecule has 3 nitrogen and oxygen atoms in total. The number of aryl methyl sites for hydroxylation is 1. The minimum absolute atomic E-state index is 0.124. The molecule has 0 bridgehead atoms. The Morgan fingerprint density at radius 3 is 2.41 bits per heavy atom. The zero-order chi connectivity index (χ0) is 16.2. The fourth-order valence-corrected chi connectivity index (χ4v) is 2.90. The summed E-state index contributed by atoms with van der Waals surface area (Å²) in [5, 5.41) is 0. The monoisotopic (exact) mass is 304 g/mol. The summed E-state index contributed by atoms with van der Waals surface area (Å²) in [5.41, 5.74) is 2.74. The number of nitrogens with zero attached hydrogens (tertiary/aromatic N) is 2. The Morgan fingerprint density at radius 2 is 1.77 bits per heavy atom. The van der Waals surface area contributed by atoms with Crippen LogP contribution in [0.15, 0.2) is 18.2 Å². The second-order valence-electron chi connectivity index (χ2n) is 7.60. The summed E-state index contributed by atoms with van der Waals surface area (Å²) >= 11 is 0. The fraction of sp³-hybridized carbons (Fsp3) is 0.684. The molecule has 0 atom stereocenters. The van der Waals surface area contributed by atoms with E-state index in [0.717, 1.165) is 25.3 Å². The van der Waals surface area contributed by atoms with Crippen LogP contribution in [0.25, 0.3) is 0 Å². The lowest BCUT2D eigenvalue weighted by atomic mass is 9.85. The van der Waals surface area contributed by atoms with Gasteiger partial charge < -0.3 is 14.5 Å². The summed E-state index contributed by atoms with van der Waals surface area (Å²) in [7, 11) is 2.20. The van der Waals surface area contributed by atoms with Gasteiger partial charge in [0.15, 0.2) is 0 Å². The Labute approximate surface area is 136 Å². The average molecular weight is 304 g/mol. The number of benzene rings is 1. The molecule has 1 fully saturated rings. The third-order valence-electron chi connectivity index (χ3n) is 4.42. The van der Waals surface area contributed by atoms with Crippen molar-refractivity contribution in [3.8, 4) is 5.75 Å². The molecule has 1 saturated heterocycles. The molecule has 1 aromatic rings. The van der Waals surface area contributed by atoms with E-state index in [0.29, 0.717) is 0 Å². The second-order valence-corrected chi connectivity index (χ2v) is 7.60. The van der Waals surface area contributed by atoms with Crippen LogP contribution in [0.5, 0.6) is 5.75 Å². The number of hydrogen-bond acceptors (Lipinski definition) is 3. The summed E-state index contributed by atoms with van der Waals surface area (Å²) in [6.45, 7) is 15.6. The van der Waals surface area contributed by atoms with Crippen LogP contribution in [0.2, 0.25) is 0 Å². The van der Waals surface area contributed by atoms with Gasteiger partial charge in [0, 0.05) is 32.7 Å². The molecule has 1 heterocycles. The standard InChI is InChI=1S/C19H32N2O/c1-16-7-8-18(17(15-16)19(2,3)4)22-14-6-9-21-12-10-20(5)11-13-21/h7-8,15H,6,9-14H2,1-5H3. The first-order valence-electron chi connectivity index (χ1n) is 8.51. The lowest BCUT2D eigenvalue weighted by Gasteiger charge is -2.32. The van der Waals surface area contributed by atoms with Crippen molar-refractivity contribution in [2.45, 2.75) is 39.5 Å². The van der Waals surface area contributed by atoms with Crippen LogP contribution in [-0.4, -0.2) is 56.2 Å². The predicted molar refractivity (Wildman–Crippen MR) is 93.9 cm³/mol. The highest BCUT2D eigenvalue weighted by atomic mass is 16.5. The van der Waals surface area contributed by atoms with Gasteiger partial charge in [-0.3, -0.25) is 0 Å². The van der Waals surface area contributed by atoms with Gasteiger partial charge in [-0.1, -0.05) is 38.5 Å². The molecule has 0 spiro atoms. The molecule has 2 rings (SSSR count). The number of likely N-dealkylation sites (N-methyl/N-ethyl adjacent to an activating group) is 1. The molecule has 0 N–H and O–H groups in total. The van der Waals surface area contributed by atoms with E-state index in [2.05, 4.69) is 62.7 Å². The van der Waals surface area contributed by atoms with Gasteiger partial charge in [-0.2, -0.15) is 0 Å². The second kappa shape index (κ2) is 7.47. The van der Waals surface area contributed by atoms with Crippen molar-refractivity contribution < 1.29 is 4.74 Å². The molecule has 1 aromatic carbocycles. The maximum atomic E-state index is 6.09. The zero-order valence-electron chi connectivity index (χ0n) is 15.0. The molecule has 0 saturated carbocycles. The number of hydrogen-bond donors (Lipinski definition) is 0. The fourth-order valence-electron chi connectivity index (χ4n) is 2.90. The highest BCUT2D eigenvalue weighted by molar-refractivity contribution is 5.41. The summed E-state index contributed by atoms with van der Waals surface area (Å²) in [5.74, 6) is 1.05. The highest BCUT2D eigenvalue weighted by Gasteiger charge is 2.19. The van der Waals surface area contributed by atoms with E-state index in [1.807, 2.05) is 0 Å². The molecule has 3 heteroatoms. The summed E-state index contributed by atoms with van der Waals surface area (Å²) in [6, 6.07) is 6.53. The molecule has 0 amide bonds. The molecule has 22 heavy (non-hydrogen) atoms. The maximum absolute atomic E-state index is 6.09. The number of ether oxygens (including phenoxy) is 1. The van der Waals surface area contributed by atoms with Gasteiger partial charge in [0.2, 0.25) is 0 Å². The Kier molecular flexibility index (Phi) is 5.87. The van der Waals surface area contributed by atoms with Crippen molar-refractivity contribution in [2.75, 3.05) is 46.4 Å². The Morgan fingerprint density at radius 1 is 1.09 bits per heavy atom. The molecular formula is C19H32N2O. The van der Waals surface area contributed by atoms with E-state index >= 15 is 0 Å². The van der Waals surface area contributed by atoms with Crippen molar-refractivity contribution in [1.29, 1.82) is 0 Å². The van der Waals surface area contributed by atoms with E-state index in [4.69, 9.17) is 4.74 Å². The SMILES string of the molecule is Cc1ccc(OCCCN2CCN(C)CC2)c(C(C)(C)C)c1. The third-order valence-corrected chi connectivity index (χ3v) is 4.42. The van der Waals surface area contributed by atoms with Crippen molar-refractivity contribution in [3.63, 3.8) is 0 Å². The van der Waals surface area contributed by atoms with E-state index in [1.165, 1.54) is 37.3 Å². The summed E-state index contributed by atoms with van der Waals surface area (Å²) in [6.07, 6.45) is 1.10. The first kappa shape index (κ1) is 17.3. The maximum Gasteiger partial charge on any atom is 0.123 e. The molecule has 0 radical (unpaired) electrons. The van der Waals surface area contributed by atoms with Gasteiger partial charge in [-0.15, -0.1) is 0 Å². The van der Waals surface area contributed by atoms with Crippen LogP contribution < -0.4 is 4.74 Å². The van der Waals surface area contributed by atoms with Gasteiger partial charge >= 0.3 is 0 Å². The number of piperazine rings is 1. The minimum Gasteiger partial charge on any atom is -0.493 e. The van der Waals surface area contributed by atoms with Gasteiger partial charge in [0.05, 0.1) is 6.61 Å². The average Bonchev–Trinajstić information content (AvgIpc) is 2.45. The largest absolute Gasteiger partial charge is 0.493 e. The van der Waals surface area contributed by atoms with Gasteiger partial charge in [0.1, 0.15) is 5.75 Å². The van der Waals surface area contributed by atoms with Crippen LogP contribution in [0.4, 0.5) is 0 Å².